The monoisotopic (exact) mass is 216 g/mol. The van der Waals surface area contributed by atoms with Crippen LogP contribution in [0, 0.1) is 5.92 Å². The topological polar surface area (TPSA) is 95.6 Å². The van der Waals surface area contributed by atoms with Crippen LogP contribution in [-0.4, -0.2) is 41.4 Å². The summed E-state index contributed by atoms with van der Waals surface area (Å²) in [5.41, 5.74) is 5.85. The average molecular weight is 216 g/mol. The molecule has 5 nitrogen and oxygen atoms in total. The molecule has 1 aliphatic carbocycles. The second kappa shape index (κ2) is 6.05. The van der Waals surface area contributed by atoms with Gasteiger partial charge in [0.15, 0.2) is 0 Å². The highest BCUT2D eigenvalue weighted by atomic mass is 16.3. The normalized spacial score (nSPS) is 26.7. The Bertz CT molecular complexity index is 207. The summed E-state index contributed by atoms with van der Waals surface area (Å²) >= 11 is 0. The van der Waals surface area contributed by atoms with E-state index in [9.17, 15) is 4.79 Å². The summed E-state index contributed by atoms with van der Waals surface area (Å²) in [4.78, 5) is 11.7. The molecule has 0 aromatic rings. The molecule has 0 aromatic carbocycles. The molecule has 5 heteroatoms. The van der Waals surface area contributed by atoms with Crippen molar-refractivity contribution in [2.24, 2.45) is 11.7 Å². The standard InChI is InChI=1S/C10H20N2O3/c11-9-4-2-1-3-8(9)10(15)12-7(5-13)6-14/h7-9,13-14H,1-6,11H2,(H,12,15). The number of hydrogen-bond acceptors (Lipinski definition) is 4. The Labute approximate surface area is 89.7 Å². The van der Waals surface area contributed by atoms with Crippen LogP contribution in [-0.2, 0) is 4.79 Å². The van der Waals surface area contributed by atoms with Gasteiger partial charge in [-0.15, -0.1) is 0 Å². The first-order chi connectivity index (χ1) is 7.19. The summed E-state index contributed by atoms with van der Waals surface area (Å²) in [5.74, 6) is -0.311. The van der Waals surface area contributed by atoms with Gasteiger partial charge in [-0.1, -0.05) is 12.8 Å². The first kappa shape index (κ1) is 12.4. The van der Waals surface area contributed by atoms with Crippen molar-refractivity contribution in [3.8, 4) is 0 Å². The van der Waals surface area contributed by atoms with Gasteiger partial charge in [0.05, 0.1) is 25.2 Å². The highest BCUT2D eigenvalue weighted by molar-refractivity contribution is 5.79. The fourth-order valence-electron chi connectivity index (χ4n) is 1.94. The summed E-state index contributed by atoms with van der Waals surface area (Å²) in [5, 5.41) is 20.3. The first-order valence-corrected chi connectivity index (χ1v) is 5.46. The molecule has 0 saturated heterocycles. The van der Waals surface area contributed by atoms with Crippen molar-refractivity contribution >= 4 is 5.91 Å². The molecule has 0 bridgehead atoms. The van der Waals surface area contributed by atoms with Crippen LogP contribution in [0.25, 0.3) is 0 Å². The minimum atomic E-state index is -0.563. The van der Waals surface area contributed by atoms with Crippen LogP contribution < -0.4 is 11.1 Å². The predicted octanol–water partition coefficient (Wildman–Crippen LogP) is -1.03. The Morgan fingerprint density at radius 3 is 2.47 bits per heavy atom. The smallest absolute Gasteiger partial charge is 0.225 e. The molecule has 0 aromatic heterocycles. The Morgan fingerprint density at radius 2 is 1.93 bits per heavy atom. The highest BCUT2D eigenvalue weighted by Gasteiger charge is 2.29. The van der Waals surface area contributed by atoms with Crippen LogP contribution in [0.5, 0.6) is 0 Å². The molecule has 0 spiro atoms. The number of aliphatic hydroxyl groups excluding tert-OH is 2. The van der Waals surface area contributed by atoms with Gasteiger partial charge in [0.25, 0.3) is 0 Å². The lowest BCUT2D eigenvalue weighted by molar-refractivity contribution is -0.127. The van der Waals surface area contributed by atoms with E-state index in [1.807, 2.05) is 0 Å². The SMILES string of the molecule is NC1CCCCC1C(=O)NC(CO)CO. The van der Waals surface area contributed by atoms with E-state index < -0.39 is 6.04 Å². The molecular weight excluding hydrogens is 196 g/mol. The summed E-state index contributed by atoms with van der Waals surface area (Å²) in [6.45, 7) is -0.492. The Balaban J connectivity index is 2.44. The van der Waals surface area contributed by atoms with E-state index in [-0.39, 0.29) is 31.1 Å². The van der Waals surface area contributed by atoms with E-state index in [1.165, 1.54) is 0 Å². The average Bonchev–Trinajstić information content (AvgIpc) is 2.26. The van der Waals surface area contributed by atoms with Gasteiger partial charge in [-0.3, -0.25) is 4.79 Å². The molecule has 1 amide bonds. The van der Waals surface area contributed by atoms with Gasteiger partial charge in [-0.2, -0.15) is 0 Å². The maximum atomic E-state index is 11.7. The fraction of sp³-hybridized carbons (Fsp3) is 0.900. The van der Waals surface area contributed by atoms with Gasteiger partial charge < -0.3 is 21.3 Å². The van der Waals surface area contributed by atoms with Crippen molar-refractivity contribution in [3.05, 3.63) is 0 Å². The van der Waals surface area contributed by atoms with Gasteiger partial charge in [-0.25, -0.2) is 0 Å². The second-order valence-corrected chi connectivity index (χ2v) is 4.13. The maximum Gasteiger partial charge on any atom is 0.225 e. The Kier molecular flexibility index (Phi) is 5.01. The van der Waals surface area contributed by atoms with Gasteiger partial charge in [0.1, 0.15) is 0 Å². The summed E-state index contributed by atoms with van der Waals surface area (Å²) in [6.07, 6.45) is 3.78. The van der Waals surface area contributed by atoms with Crippen LogP contribution in [0.1, 0.15) is 25.7 Å². The predicted molar refractivity (Wildman–Crippen MR) is 56.0 cm³/mol. The molecule has 1 rings (SSSR count). The Morgan fingerprint density at radius 1 is 1.33 bits per heavy atom. The van der Waals surface area contributed by atoms with E-state index in [1.54, 1.807) is 0 Å². The molecule has 15 heavy (non-hydrogen) atoms. The second-order valence-electron chi connectivity index (χ2n) is 4.13. The number of carbonyl (C=O) groups excluding carboxylic acids is 1. The number of hydrogen-bond donors (Lipinski definition) is 4. The summed E-state index contributed by atoms with van der Waals surface area (Å²) < 4.78 is 0. The minimum Gasteiger partial charge on any atom is -0.394 e. The van der Waals surface area contributed by atoms with Crippen LogP contribution in [0.4, 0.5) is 0 Å². The molecule has 1 aliphatic rings. The first-order valence-electron chi connectivity index (χ1n) is 5.46. The van der Waals surface area contributed by atoms with E-state index in [0.717, 1.165) is 25.7 Å². The van der Waals surface area contributed by atoms with Crippen LogP contribution in [0.2, 0.25) is 0 Å². The van der Waals surface area contributed by atoms with Crippen molar-refractivity contribution in [2.75, 3.05) is 13.2 Å². The minimum absolute atomic E-state index is 0.0863. The molecule has 1 fully saturated rings. The fourth-order valence-corrected chi connectivity index (χ4v) is 1.94. The summed E-state index contributed by atoms with van der Waals surface area (Å²) in [7, 11) is 0. The number of amides is 1. The molecule has 2 unspecified atom stereocenters. The van der Waals surface area contributed by atoms with E-state index >= 15 is 0 Å². The van der Waals surface area contributed by atoms with Gasteiger partial charge in [-0.05, 0) is 12.8 Å². The molecule has 0 radical (unpaired) electrons. The lowest BCUT2D eigenvalue weighted by Crippen LogP contribution is -2.48. The molecule has 2 atom stereocenters. The van der Waals surface area contributed by atoms with Crippen LogP contribution >= 0.6 is 0 Å². The molecule has 0 heterocycles. The van der Waals surface area contributed by atoms with E-state index in [2.05, 4.69) is 5.32 Å². The number of nitrogens with two attached hydrogens (primary N) is 1. The van der Waals surface area contributed by atoms with Gasteiger partial charge in [0.2, 0.25) is 5.91 Å². The van der Waals surface area contributed by atoms with Crippen molar-refractivity contribution in [1.29, 1.82) is 0 Å². The van der Waals surface area contributed by atoms with Gasteiger partial charge in [0, 0.05) is 6.04 Å². The van der Waals surface area contributed by atoms with Crippen molar-refractivity contribution in [2.45, 2.75) is 37.8 Å². The summed E-state index contributed by atoms with van der Waals surface area (Å²) in [6, 6.07) is -0.650. The van der Waals surface area contributed by atoms with Crippen molar-refractivity contribution in [3.63, 3.8) is 0 Å². The molecular formula is C10H20N2O3. The quantitative estimate of drug-likeness (QED) is 0.483. The molecule has 1 saturated carbocycles. The van der Waals surface area contributed by atoms with Crippen molar-refractivity contribution < 1.29 is 15.0 Å². The zero-order valence-electron chi connectivity index (χ0n) is 8.85. The number of carbonyl (C=O) groups is 1. The maximum absolute atomic E-state index is 11.7. The number of aliphatic hydroxyl groups is 2. The van der Waals surface area contributed by atoms with Gasteiger partial charge >= 0.3 is 0 Å². The van der Waals surface area contributed by atoms with Crippen LogP contribution in [0.3, 0.4) is 0 Å². The van der Waals surface area contributed by atoms with Crippen LogP contribution in [0.15, 0.2) is 0 Å². The van der Waals surface area contributed by atoms with E-state index in [4.69, 9.17) is 15.9 Å². The van der Waals surface area contributed by atoms with E-state index in [0.29, 0.717) is 0 Å². The Hall–Kier alpha value is -0.650. The largest absolute Gasteiger partial charge is 0.394 e. The van der Waals surface area contributed by atoms with Crippen molar-refractivity contribution in [1.82, 2.24) is 5.32 Å². The third kappa shape index (κ3) is 3.44. The highest BCUT2D eigenvalue weighted by Crippen LogP contribution is 2.22. The zero-order chi connectivity index (χ0) is 11.3. The molecule has 88 valence electrons. The lowest BCUT2D eigenvalue weighted by atomic mass is 9.84. The third-order valence-corrected chi connectivity index (χ3v) is 2.94. The molecule has 0 aliphatic heterocycles. The lowest BCUT2D eigenvalue weighted by Gasteiger charge is -2.28. The number of rotatable bonds is 4. The number of nitrogens with one attached hydrogen (secondary N) is 1. The third-order valence-electron chi connectivity index (χ3n) is 2.94. The molecule has 5 N–H and O–H groups in total. The zero-order valence-corrected chi connectivity index (χ0v) is 8.85.